The molecule has 0 saturated heterocycles. The van der Waals surface area contributed by atoms with Gasteiger partial charge >= 0.3 is 11.8 Å². The zero-order chi connectivity index (χ0) is 21.0. The van der Waals surface area contributed by atoms with Gasteiger partial charge in [-0.1, -0.05) is 60.1 Å². The van der Waals surface area contributed by atoms with Gasteiger partial charge in [0.2, 0.25) is 0 Å². The van der Waals surface area contributed by atoms with Gasteiger partial charge in [0.25, 0.3) is 0 Å². The Hall–Kier alpha value is -2.89. The summed E-state index contributed by atoms with van der Waals surface area (Å²) in [6, 6.07) is 19.3. The van der Waals surface area contributed by atoms with Crippen LogP contribution in [0.25, 0.3) is 10.8 Å². The summed E-state index contributed by atoms with van der Waals surface area (Å²) < 4.78 is 0. The van der Waals surface area contributed by atoms with Crippen LogP contribution >= 0.6 is 11.6 Å². The van der Waals surface area contributed by atoms with E-state index in [0.29, 0.717) is 17.3 Å². The van der Waals surface area contributed by atoms with Crippen molar-refractivity contribution in [2.45, 2.75) is 13.0 Å². The molecule has 1 atom stereocenters. The van der Waals surface area contributed by atoms with Gasteiger partial charge in [-0.2, -0.15) is 0 Å². The maximum atomic E-state index is 12.4. The molecule has 150 valence electrons. The van der Waals surface area contributed by atoms with Crippen molar-refractivity contribution in [3.63, 3.8) is 0 Å². The first kappa shape index (κ1) is 20.8. The first-order chi connectivity index (χ1) is 13.9. The number of nitrogens with zero attached hydrogens (tertiary/aromatic N) is 1. The second-order valence-corrected chi connectivity index (χ2v) is 7.61. The minimum Gasteiger partial charge on any atom is -0.346 e. The molecule has 2 N–H and O–H groups in total. The summed E-state index contributed by atoms with van der Waals surface area (Å²) in [6.45, 7) is 2.15. The fourth-order valence-corrected chi connectivity index (χ4v) is 3.46. The van der Waals surface area contributed by atoms with Crippen molar-refractivity contribution < 1.29 is 9.59 Å². The predicted molar refractivity (Wildman–Crippen MR) is 118 cm³/mol. The normalized spacial score (nSPS) is 12.0. The highest BCUT2D eigenvalue weighted by atomic mass is 35.5. The topological polar surface area (TPSA) is 61.4 Å². The van der Waals surface area contributed by atoms with Crippen molar-refractivity contribution in [1.82, 2.24) is 10.2 Å². The van der Waals surface area contributed by atoms with Gasteiger partial charge in [0.15, 0.2) is 0 Å². The van der Waals surface area contributed by atoms with Gasteiger partial charge < -0.3 is 15.5 Å². The highest BCUT2D eigenvalue weighted by molar-refractivity contribution is 6.40. The second-order valence-electron chi connectivity index (χ2n) is 7.17. The Balaban J connectivity index is 1.72. The summed E-state index contributed by atoms with van der Waals surface area (Å²) in [4.78, 5) is 26.7. The lowest BCUT2D eigenvalue weighted by molar-refractivity contribution is -0.136. The number of halogens is 1. The molecule has 0 saturated carbocycles. The van der Waals surface area contributed by atoms with Crippen LogP contribution in [-0.2, 0) is 9.59 Å². The molecular weight excluding hydrogens is 386 g/mol. The minimum atomic E-state index is -0.717. The number of anilines is 1. The molecule has 0 radical (unpaired) electrons. The molecule has 3 aromatic rings. The summed E-state index contributed by atoms with van der Waals surface area (Å²) in [6.07, 6.45) is 0. The number of aryl methyl sites for hydroxylation is 1. The monoisotopic (exact) mass is 409 g/mol. The molecule has 0 unspecified atom stereocenters. The third-order valence-corrected chi connectivity index (χ3v) is 5.15. The van der Waals surface area contributed by atoms with E-state index in [1.807, 2.05) is 44.1 Å². The van der Waals surface area contributed by atoms with Crippen molar-refractivity contribution in [3.05, 3.63) is 76.8 Å². The van der Waals surface area contributed by atoms with Crippen LogP contribution < -0.4 is 10.6 Å². The van der Waals surface area contributed by atoms with Crippen LogP contribution in [0.4, 0.5) is 5.69 Å². The van der Waals surface area contributed by atoms with Gasteiger partial charge in [0, 0.05) is 17.3 Å². The van der Waals surface area contributed by atoms with E-state index in [-0.39, 0.29) is 6.04 Å². The molecule has 29 heavy (non-hydrogen) atoms. The minimum absolute atomic E-state index is 0.0780. The lowest BCUT2D eigenvalue weighted by Gasteiger charge is -2.26. The summed E-state index contributed by atoms with van der Waals surface area (Å²) in [7, 11) is 3.90. The van der Waals surface area contributed by atoms with Crippen molar-refractivity contribution in [3.8, 4) is 0 Å². The molecule has 0 spiro atoms. The largest absolute Gasteiger partial charge is 0.346 e. The van der Waals surface area contributed by atoms with Crippen LogP contribution in [0, 0.1) is 6.92 Å². The Morgan fingerprint density at radius 1 is 1.00 bits per heavy atom. The average molecular weight is 410 g/mol. The molecule has 3 rings (SSSR count). The van der Waals surface area contributed by atoms with E-state index in [1.165, 1.54) is 0 Å². The molecule has 0 aliphatic heterocycles. The number of hydrogen-bond donors (Lipinski definition) is 2. The number of carbonyl (C=O) groups is 2. The molecule has 5 nitrogen and oxygen atoms in total. The SMILES string of the molecule is Cc1ccc(Cl)cc1NC(=O)C(=O)NC[C@H](c1cccc2ccccc12)N(C)C. The number of rotatable bonds is 5. The molecule has 0 aliphatic rings. The van der Waals surface area contributed by atoms with Gasteiger partial charge in [0.1, 0.15) is 0 Å². The smallest absolute Gasteiger partial charge is 0.313 e. The summed E-state index contributed by atoms with van der Waals surface area (Å²) >= 11 is 5.98. The van der Waals surface area contributed by atoms with E-state index in [0.717, 1.165) is 21.9 Å². The number of fused-ring (bicyclic) bond motifs is 1. The van der Waals surface area contributed by atoms with Crippen molar-refractivity contribution >= 4 is 39.9 Å². The Labute approximate surface area is 175 Å². The van der Waals surface area contributed by atoms with E-state index < -0.39 is 11.8 Å². The van der Waals surface area contributed by atoms with Crippen LogP contribution in [0.3, 0.4) is 0 Å². The maximum absolute atomic E-state index is 12.4. The average Bonchev–Trinajstić information content (AvgIpc) is 2.70. The molecule has 0 bridgehead atoms. The summed E-state index contributed by atoms with van der Waals surface area (Å²) in [5.74, 6) is -1.40. The van der Waals surface area contributed by atoms with Crippen molar-refractivity contribution in [2.24, 2.45) is 0 Å². The molecule has 0 heterocycles. The molecule has 3 aromatic carbocycles. The van der Waals surface area contributed by atoms with Gasteiger partial charge in [-0.05, 0) is 55.1 Å². The third-order valence-electron chi connectivity index (χ3n) is 4.92. The molecule has 0 aromatic heterocycles. The highest BCUT2D eigenvalue weighted by Crippen LogP contribution is 2.26. The lowest BCUT2D eigenvalue weighted by atomic mass is 9.98. The number of likely N-dealkylation sites (N-methyl/N-ethyl adjacent to an activating group) is 1. The first-order valence-corrected chi connectivity index (χ1v) is 9.74. The summed E-state index contributed by atoms with van der Waals surface area (Å²) in [5.41, 5.74) is 2.45. The predicted octanol–water partition coefficient (Wildman–Crippen LogP) is 4.16. The van der Waals surface area contributed by atoms with Crippen LogP contribution in [-0.4, -0.2) is 37.4 Å². The van der Waals surface area contributed by atoms with Crippen molar-refractivity contribution in [2.75, 3.05) is 26.0 Å². The van der Waals surface area contributed by atoms with E-state index in [9.17, 15) is 9.59 Å². The van der Waals surface area contributed by atoms with Crippen molar-refractivity contribution in [1.29, 1.82) is 0 Å². The Morgan fingerprint density at radius 2 is 1.72 bits per heavy atom. The standard InChI is InChI=1S/C23H24ClN3O2/c1-15-11-12-17(24)13-20(15)26-23(29)22(28)25-14-21(27(2)3)19-10-6-8-16-7-4-5-9-18(16)19/h4-13,21H,14H2,1-3H3,(H,25,28)(H,26,29)/t21-/m1/s1. The van der Waals surface area contributed by atoms with Crippen LogP contribution in [0.5, 0.6) is 0 Å². The fraction of sp³-hybridized carbons (Fsp3) is 0.217. The third kappa shape index (κ3) is 4.94. The Kier molecular flexibility index (Phi) is 6.52. The van der Waals surface area contributed by atoms with E-state index in [1.54, 1.807) is 18.2 Å². The number of benzene rings is 3. The number of nitrogens with one attached hydrogen (secondary N) is 2. The fourth-order valence-electron chi connectivity index (χ4n) is 3.29. The second kappa shape index (κ2) is 9.07. The molecule has 0 fully saturated rings. The van der Waals surface area contributed by atoms with Gasteiger partial charge in [0.05, 0.1) is 6.04 Å². The zero-order valence-corrected chi connectivity index (χ0v) is 17.5. The first-order valence-electron chi connectivity index (χ1n) is 9.36. The Bertz CT molecular complexity index is 1040. The number of amides is 2. The van der Waals surface area contributed by atoms with Crippen LogP contribution in [0.2, 0.25) is 5.02 Å². The van der Waals surface area contributed by atoms with Gasteiger partial charge in [-0.15, -0.1) is 0 Å². The molecule has 2 amide bonds. The highest BCUT2D eigenvalue weighted by Gasteiger charge is 2.20. The Morgan fingerprint density at radius 3 is 2.48 bits per heavy atom. The number of carbonyl (C=O) groups excluding carboxylic acids is 2. The quantitative estimate of drug-likeness (QED) is 0.622. The number of hydrogen-bond acceptors (Lipinski definition) is 3. The molecule has 0 aliphatic carbocycles. The molecule has 6 heteroatoms. The van der Waals surface area contributed by atoms with Gasteiger partial charge in [-0.3, -0.25) is 9.59 Å². The lowest BCUT2D eigenvalue weighted by Crippen LogP contribution is -2.40. The molecular formula is C23H24ClN3O2. The van der Waals surface area contributed by atoms with Crippen LogP contribution in [0.1, 0.15) is 17.2 Å². The van der Waals surface area contributed by atoms with E-state index >= 15 is 0 Å². The summed E-state index contributed by atoms with van der Waals surface area (Å²) in [5, 5.41) is 8.14. The van der Waals surface area contributed by atoms with E-state index in [2.05, 4.69) is 34.9 Å². The maximum Gasteiger partial charge on any atom is 0.313 e. The van der Waals surface area contributed by atoms with Gasteiger partial charge in [-0.25, -0.2) is 0 Å². The van der Waals surface area contributed by atoms with E-state index in [4.69, 9.17) is 11.6 Å². The van der Waals surface area contributed by atoms with Crippen LogP contribution in [0.15, 0.2) is 60.7 Å². The zero-order valence-electron chi connectivity index (χ0n) is 16.7.